The molecule has 0 saturated carbocycles. The highest BCUT2D eigenvalue weighted by atomic mass is 15.0. The second-order valence-electron chi connectivity index (χ2n) is 2.37. The van der Waals surface area contributed by atoms with Crippen LogP contribution in [0.25, 0.3) is 0 Å². The van der Waals surface area contributed by atoms with Gasteiger partial charge in [-0.3, -0.25) is 0 Å². The zero-order valence-corrected chi connectivity index (χ0v) is 6.81. The van der Waals surface area contributed by atoms with E-state index in [4.69, 9.17) is 0 Å². The molecule has 0 atom stereocenters. The van der Waals surface area contributed by atoms with Gasteiger partial charge in [0.25, 0.3) is 0 Å². The van der Waals surface area contributed by atoms with Crippen molar-refractivity contribution in [3.63, 3.8) is 0 Å². The average molecular weight is 137 g/mol. The van der Waals surface area contributed by atoms with Crippen LogP contribution in [0.2, 0.25) is 0 Å². The highest BCUT2D eigenvalue weighted by Crippen LogP contribution is 2.05. The van der Waals surface area contributed by atoms with Gasteiger partial charge in [-0.2, -0.15) is 0 Å². The smallest absolute Gasteiger partial charge is 0.176 e. The lowest BCUT2D eigenvalue weighted by Gasteiger charge is -1.98. The molecule has 0 aliphatic heterocycles. The molecule has 0 aromatic carbocycles. The molecule has 2 heteroatoms. The average Bonchev–Trinajstić information content (AvgIpc) is 2.30. The first kappa shape index (κ1) is 7.32. The van der Waals surface area contributed by atoms with Crippen molar-refractivity contribution in [3.8, 4) is 0 Å². The van der Waals surface area contributed by atoms with Crippen LogP contribution in [-0.4, -0.2) is 9.55 Å². The number of hydrogen-bond donors (Lipinski definition) is 0. The van der Waals surface area contributed by atoms with Crippen LogP contribution in [0.15, 0.2) is 0 Å². The Morgan fingerprint density at radius 2 is 2.10 bits per heavy atom. The summed E-state index contributed by atoms with van der Waals surface area (Å²) in [5, 5.41) is 0. The Labute approximate surface area is 61.9 Å². The number of aromatic nitrogens is 2. The fraction of sp³-hybridized carbons (Fsp3) is 0.625. The highest BCUT2D eigenvalue weighted by molar-refractivity contribution is 5.11. The Morgan fingerprint density at radius 3 is 2.50 bits per heavy atom. The zero-order valence-electron chi connectivity index (χ0n) is 6.81. The molecule has 55 valence electrons. The minimum absolute atomic E-state index is 1.01. The molecule has 0 aliphatic rings. The lowest BCUT2D eigenvalue weighted by Crippen LogP contribution is -1.95. The molecule has 1 aromatic rings. The van der Waals surface area contributed by atoms with E-state index in [0.29, 0.717) is 0 Å². The summed E-state index contributed by atoms with van der Waals surface area (Å²) in [5.74, 6) is 0. The van der Waals surface area contributed by atoms with Gasteiger partial charge in [-0.1, -0.05) is 13.8 Å². The van der Waals surface area contributed by atoms with Crippen molar-refractivity contribution < 1.29 is 0 Å². The van der Waals surface area contributed by atoms with Gasteiger partial charge in [0.1, 0.15) is 0 Å². The van der Waals surface area contributed by atoms with Crippen LogP contribution in [0.1, 0.15) is 25.2 Å². The minimum Gasteiger partial charge on any atom is -0.328 e. The molecule has 0 unspecified atom stereocenters. The molecule has 0 spiro atoms. The van der Waals surface area contributed by atoms with Crippen LogP contribution in [0.5, 0.6) is 0 Å². The molecular formula is C8H13N2. The van der Waals surface area contributed by atoms with Crippen molar-refractivity contribution in [2.75, 3.05) is 0 Å². The van der Waals surface area contributed by atoms with Crippen LogP contribution in [0.3, 0.4) is 0 Å². The Kier molecular flexibility index (Phi) is 2.10. The summed E-state index contributed by atoms with van der Waals surface area (Å²) in [7, 11) is 1.99. The Morgan fingerprint density at radius 1 is 1.40 bits per heavy atom. The quantitative estimate of drug-likeness (QED) is 0.601. The van der Waals surface area contributed by atoms with Crippen LogP contribution in [0, 0.1) is 6.33 Å². The predicted molar refractivity (Wildman–Crippen MR) is 40.8 cm³/mol. The molecule has 0 aliphatic carbocycles. The standard InChI is InChI=1S/C8H13N2/c1-4-7-8(5-2)10(3)6-9-7/h4-5H2,1-3H3. The monoisotopic (exact) mass is 137 g/mol. The second kappa shape index (κ2) is 2.86. The number of hydrogen-bond acceptors (Lipinski definition) is 1. The minimum atomic E-state index is 1.01. The molecule has 1 aromatic heterocycles. The van der Waals surface area contributed by atoms with Crippen molar-refractivity contribution in [3.05, 3.63) is 17.7 Å². The van der Waals surface area contributed by atoms with Gasteiger partial charge in [-0.05, 0) is 12.8 Å². The van der Waals surface area contributed by atoms with Crippen LogP contribution < -0.4 is 0 Å². The summed E-state index contributed by atoms with van der Waals surface area (Å²) < 4.78 is 1.97. The molecule has 1 rings (SSSR count). The number of rotatable bonds is 2. The van der Waals surface area contributed by atoms with Crippen molar-refractivity contribution in [2.24, 2.45) is 7.05 Å². The van der Waals surface area contributed by atoms with E-state index in [1.165, 1.54) is 11.4 Å². The van der Waals surface area contributed by atoms with Crippen molar-refractivity contribution in [1.29, 1.82) is 0 Å². The fourth-order valence-corrected chi connectivity index (χ4v) is 1.18. The van der Waals surface area contributed by atoms with Crippen molar-refractivity contribution in [1.82, 2.24) is 9.55 Å². The summed E-state index contributed by atoms with van der Waals surface area (Å²) in [6.45, 7) is 4.26. The predicted octanol–water partition coefficient (Wildman–Crippen LogP) is 1.35. The first-order valence-corrected chi connectivity index (χ1v) is 3.71. The largest absolute Gasteiger partial charge is 0.328 e. The lowest BCUT2D eigenvalue weighted by molar-refractivity contribution is 0.817. The van der Waals surface area contributed by atoms with E-state index in [1.54, 1.807) is 0 Å². The number of aryl methyl sites for hydroxylation is 2. The third kappa shape index (κ3) is 1.06. The molecule has 2 nitrogen and oxygen atoms in total. The maximum absolute atomic E-state index is 4.14. The Balaban J connectivity index is 3.01. The zero-order chi connectivity index (χ0) is 7.56. The number of nitrogens with zero attached hydrogens (tertiary/aromatic N) is 2. The van der Waals surface area contributed by atoms with Gasteiger partial charge in [0.2, 0.25) is 0 Å². The Bertz CT molecular complexity index is 213. The summed E-state index contributed by atoms with van der Waals surface area (Å²) in [6.07, 6.45) is 4.97. The molecular weight excluding hydrogens is 124 g/mol. The molecule has 1 radical (unpaired) electrons. The van der Waals surface area contributed by atoms with E-state index in [1.807, 2.05) is 11.6 Å². The highest BCUT2D eigenvalue weighted by Gasteiger charge is 2.03. The summed E-state index contributed by atoms with van der Waals surface area (Å²) >= 11 is 0. The maximum Gasteiger partial charge on any atom is 0.176 e. The van der Waals surface area contributed by atoms with Crippen LogP contribution in [-0.2, 0) is 19.9 Å². The molecule has 0 bridgehead atoms. The van der Waals surface area contributed by atoms with E-state index in [0.717, 1.165) is 12.8 Å². The second-order valence-corrected chi connectivity index (χ2v) is 2.37. The van der Waals surface area contributed by atoms with Crippen molar-refractivity contribution >= 4 is 0 Å². The van der Waals surface area contributed by atoms with E-state index in [9.17, 15) is 0 Å². The lowest BCUT2D eigenvalue weighted by atomic mass is 10.2. The molecule has 0 saturated heterocycles. The van der Waals surface area contributed by atoms with E-state index in [2.05, 4.69) is 25.2 Å². The van der Waals surface area contributed by atoms with E-state index < -0.39 is 0 Å². The topological polar surface area (TPSA) is 17.8 Å². The summed E-state index contributed by atoms with van der Waals surface area (Å²) in [5.41, 5.74) is 2.49. The third-order valence-electron chi connectivity index (χ3n) is 1.74. The number of imidazole rings is 1. The maximum atomic E-state index is 4.14. The van der Waals surface area contributed by atoms with Crippen LogP contribution >= 0.6 is 0 Å². The SMILES string of the molecule is CCc1n[c]n(C)c1CC. The van der Waals surface area contributed by atoms with Gasteiger partial charge in [0.15, 0.2) is 6.33 Å². The van der Waals surface area contributed by atoms with Gasteiger partial charge in [0.05, 0.1) is 5.69 Å². The molecule has 0 amide bonds. The molecule has 0 N–H and O–H groups in total. The van der Waals surface area contributed by atoms with Gasteiger partial charge in [0, 0.05) is 12.7 Å². The van der Waals surface area contributed by atoms with Crippen molar-refractivity contribution in [2.45, 2.75) is 26.7 Å². The molecule has 0 fully saturated rings. The van der Waals surface area contributed by atoms with E-state index >= 15 is 0 Å². The molecule has 1 heterocycles. The van der Waals surface area contributed by atoms with Gasteiger partial charge in [-0.25, -0.2) is 4.98 Å². The first-order valence-electron chi connectivity index (χ1n) is 3.71. The fourth-order valence-electron chi connectivity index (χ4n) is 1.18. The van der Waals surface area contributed by atoms with E-state index in [-0.39, 0.29) is 0 Å². The third-order valence-corrected chi connectivity index (χ3v) is 1.74. The van der Waals surface area contributed by atoms with Gasteiger partial charge in [-0.15, -0.1) is 0 Å². The van der Waals surface area contributed by atoms with Gasteiger partial charge >= 0.3 is 0 Å². The summed E-state index contributed by atoms with van der Waals surface area (Å²) in [6, 6.07) is 0. The first-order chi connectivity index (χ1) is 4.79. The molecule has 10 heavy (non-hydrogen) atoms. The van der Waals surface area contributed by atoms with Crippen LogP contribution in [0.4, 0.5) is 0 Å². The van der Waals surface area contributed by atoms with Gasteiger partial charge < -0.3 is 4.57 Å². The normalized spacial score (nSPS) is 10.3. The summed E-state index contributed by atoms with van der Waals surface area (Å²) in [4.78, 5) is 4.14. The Hall–Kier alpha value is -0.790.